The lowest BCUT2D eigenvalue weighted by molar-refractivity contribution is 0.0942. The number of rotatable bonds is 6. The molecule has 0 unspecified atom stereocenters. The quantitative estimate of drug-likeness (QED) is 0.718. The van der Waals surface area contributed by atoms with Gasteiger partial charge in [0.1, 0.15) is 0 Å². The number of hydrogen-bond donors (Lipinski definition) is 1. The van der Waals surface area contributed by atoms with Crippen molar-refractivity contribution in [1.29, 1.82) is 0 Å². The average Bonchev–Trinajstić information content (AvgIpc) is 2.99. The van der Waals surface area contributed by atoms with Crippen LogP contribution in [0.4, 0.5) is 0 Å². The van der Waals surface area contributed by atoms with Crippen molar-refractivity contribution in [2.75, 3.05) is 26.2 Å². The van der Waals surface area contributed by atoms with Crippen LogP contribution in [0.1, 0.15) is 42.6 Å². The van der Waals surface area contributed by atoms with Crippen LogP contribution >= 0.6 is 11.6 Å². The van der Waals surface area contributed by atoms with Crippen molar-refractivity contribution in [1.82, 2.24) is 24.6 Å². The highest BCUT2D eigenvalue weighted by atomic mass is 35.5. The van der Waals surface area contributed by atoms with E-state index in [9.17, 15) is 14.4 Å². The molecular weight excluding hydrogens is 394 g/mol. The van der Waals surface area contributed by atoms with Gasteiger partial charge in [-0.1, -0.05) is 24.4 Å². The van der Waals surface area contributed by atoms with Crippen molar-refractivity contribution < 1.29 is 4.79 Å². The van der Waals surface area contributed by atoms with Crippen molar-refractivity contribution >= 4 is 17.5 Å². The first-order chi connectivity index (χ1) is 14.0. The Morgan fingerprint density at radius 3 is 2.41 bits per heavy atom. The highest BCUT2D eigenvalue weighted by molar-refractivity contribution is 6.30. The molecule has 1 aromatic carbocycles. The van der Waals surface area contributed by atoms with Crippen LogP contribution < -0.4 is 16.6 Å². The second-order valence-electron chi connectivity index (χ2n) is 7.25. The first-order valence-corrected chi connectivity index (χ1v) is 10.3. The molecule has 1 saturated heterocycles. The maximum Gasteiger partial charge on any atom is 0.351 e. The summed E-state index contributed by atoms with van der Waals surface area (Å²) in [5.41, 5.74) is -1.23. The van der Waals surface area contributed by atoms with E-state index in [2.05, 4.69) is 15.3 Å². The van der Waals surface area contributed by atoms with E-state index in [1.807, 2.05) is 0 Å². The molecule has 0 spiro atoms. The number of hydrogen-bond acceptors (Lipinski definition) is 5. The van der Waals surface area contributed by atoms with E-state index in [1.165, 1.54) is 32.7 Å². The highest BCUT2D eigenvalue weighted by Crippen LogP contribution is 2.11. The van der Waals surface area contributed by atoms with Gasteiger partial charge in [0.05, 0.1) is 5.69 Å². The van der Waals surface area contributed by atoms with Crippen LogP contribution in [0.5, 0.6) is 0 Å². The topological polar surface area (TPSA) is 89.2 Å². The number of aromatic nitrogens is 3. The molecule has 1 fully saturated rings. The summed E-state index contributed by atoms with van der Waals surface area (Å²) in [6.45, 7) is 3.56. The van der Waals surface area contributed by atoms with Crippen LogP contribution in [-0.2, 0) is 7.05 Å². The van der Waals surface area contributed by atoms with Gasteiger partial charge in [-0.15, -0.1) is 0 Å². The normalized spacial score (nSPS) is 15.1. The molecule has 1 N–H and O–H groups in total. The van der Waals surface area contributed by atoms with Crippen molar-refractivity contribution in [3.8, 4) is 5.69 Å². The third-order valence-electron chi connectivity index (χ3n) is 5.10. The highest BCUT2D eigenvalue weighted by Gasteiger charge is 2.18. The minimum Gasteiger partial charge on any atom is -0.350 e. The van der Waals surface area contributed by atoms with Crippen LogP contribution in [0.15, 0.2) is 33.9 Å². The maximum absolute atomic E-state index is 12.5. The average molecular weight is 420 g/mol. The Bertz CT molecular complexity index is 960. The second kappa shape index (κ2) is 9.84. The van der Waals surface area contributed by atoms with Gasteiger partial charge in [-0.2, -0.15) is 9.78 Å². The first kappa shape index (κ1) is 21.3. The standard InChI is InChI=1S/C20H26ClN5O3/c1-24-19(28)17(23-26(20(24)29)16-9-7-15(21)8-10-16)18(27)22-11-6-14-25-12-4-2-3-5-13-25/h7-10H,2-6,11-14H2,1H3,(H,22,27). The molecule has 0 aliphatic carbocycles. The summed E-state index contributed by atoms with van der Waals surface area (Å²) in [6, 6.07) is 6.42. The van der Waals surface area contributed by atoms with Crippen LogP contribution in [-0.4, -0.2) is 51.3 Å². The van der Waals surface area contributed by atoms with E-state index < -0.39 is 17.2 Å². The predicted octanol–water partition coefficient (Wildman–Crippen LogP) is 1.58. The number of nitrogens with zero attached hydrogens (tertiary/aromatic N) is 4. The predicted molar refractivity (Wildman–Crippen MR) is 112 cm³/mol. The van der Waals surface area contributed by atoms with Crippen LogP contribution in [0.3, 0.4) is 0 Å². The Morgan fingerprint density at radius 2 is 1.76 bits per heavy atom. The molecule has 0 bridgehead atoms. The second-order valence-corrected chi connectivity index (χ2v) is 7.69. The van der Waals surface area contributed by atoms with Gasteiger partial charge < -0.3 is 10.2 Å². The SMILES string of the molecule is Cn1c(=O)c(C(=O)NCCCN2CCCCCC2)nn(-c2ccc(Cl)cc2)c1=O. The third-order valence-corrected chi connectivity index (χ3v) is 5.35. The summed E-state index contributed by atoms with van der Waals surface area (Å²) in [4.78, 5) is 39.7. The molecule has 0 radical (unpaired) electrons. The minimum absolute atomic E-state index is 0.308. The smallest absolute Gasteiger partial charge is 0.350 e. The van der Waals surface area contributed by atoms with Gasteiger partial charge in [-0.25, -0.2) is 4.79 Å². The number of nitrogens with one attached hydrogen (secondary N) is 1. The zero-order valence-electron chi connectivity index (χ0n) is 16.6. The molecule has 156 valence electrons. The number of carbonyl (C=O) groups is 1. The molecule has 29 heavy (non-hydrogen) atoms. The summed E-state index contributed by atoms with van der Waals surface area (Å²) in [7, 11) is 1.33. The largest absolute Gasteiger partial charge is 0.351 e. The fourth-order valence-electron chi connectivity index (χ4n) is 3.41. The number of halogens is 1. The molecular formula is C20H26ClN5O3. The lowest BCUT2D eigenvalue weighted by Crippen LogP contribution is -2.44. The van der Waals surface area contributed by atoms with Gasteiger partial charge in [-0.3, -0.25) is 14.2 Å². The summed E-state index contributed by atoms with van der Waals surface area (Å²) < 4.78 is 1.91. The van der Waals surface area contributed by atoms with E-state index in [4.69, 9.17) is 11.6 Å². The Morgan fingerprint density at radius 1 is 1.10 bits per heavy atom. The van der Waals surface area contributed by atoms with E-state index >= 15 is 0 Å². The van der Waals surface area contributed by atoms with Crippen molar-refractivity contribution in [3.05, 3.63) is 55.8 Å². The van der Waals surface area contributed by atoms with Crippen molar-refractivity contribution in [3.63, 3.8) is 0 Å². The molecule has 0 saturated carbocycles. The summed E-state index contributed by atoms with van der Waals surface area (Å²) >= 11 is 5.88. The molecule has 3 rings (SSSR count). The first-order valence-electron chi connectivity index (χ1n) is 9.94. The number of benzene rings is 1. The fourth-order valence-corrected chi connectivity index (χ4v) is 3.54. The molecule has 1 aliphatic rings. The van der Waals surface area contributed by atoms with E-state index in [0.29, 0.717) is 17.3 Å². The Balaban J connectivity index is 1.69. The Labute approximate surface area is 174 Å². The van der Waals surface area contributed by atoms with Crippen LogP contribution in [0.25, 0.3) is 5.69 Å². The van der Waals surface area contributed by atoms with Crippen LogP contribution in [0.2, 0.25) is 5.02 Å². The molecule has 1 aromatic heterocycles. The molecule has 9 heteroatoms. The number of likely N-dealkylation sites (tertiary alicyclic amines) is 1. The molecule has 8 nitrogen and oxygen atoms in total. The van der Waals surface area contributed by atoms with Gasteiger partial charge in [0, 0.05) is 18.6 Å². The van der Waals surface area contributed by atoms with E-state index in [1.54, 1.807) is 24.3 Å². The zero-order valence-corrected chi connectivity index (χ0v) is 17.3. The van der Waals surface area contributed by atoms with Crippen molar-refractivity contribution in [2.24, 2.45) is 7.05 Å². The number of amides is 1. The van der Waals surface area contributed by atoms with E-state index in [-0.39, 0.29) is 5.69 Å². The Kier molecular flexibility index (Phi) is 7.22. The van der Waals surface area contributed by atoms with Gasteiger partial charge in [-0.05, 0) is 63.2 Å². The fraction of sp³-hybridized carbons (Fsp3) is 0.500. The molecule has 2 aromatic rings. The third kappa shape index (κ3) is 5.33. The monoisotopic (exact) mass is 419 g/mol. The van der Waals surface area contributed by atoms with Gasteiger partial charge in [0.15, 0.2) is 0 Å². The molecule has 1 aliphatic heterocycles. The summed E-state index contributed by atoms with van der Waals surface area (Å²) in [5, 5.41) is 7.28. The molecule has 1 amide bonds. The van der Waals surface area contributed by atoms with Gasteiger partial charge in [0.2, 0.25) is 5.69 Å². The van der Waals surface area contributed by atoms with Gasteiger partial charge >= 0.3 is 5.69 Å². The van der Waals surface area contributed by atoms with Crippen LogP contribution in [0, 0.1) is 0 Å². The number of carbonyl (C=O) groups excluding carboxylic acids is 1. The summed E-state index contributed by atoms with van der Waals surface area (Å²) in [5.74, 6) is -0.579. The Hall–Kier alpha value is -2.45. The maximum atomic E-state index is 12.5. The molecule has 2 heterocycles. The van der Waals surface area contributed by atoms with Gasteiger partial charge in [0.25, 0.3) is 11.5 Å². The summed E-state index contributed by atoms with van der Waals surface area (Å²) in [6.07, 6.45) is 5.80. The lowest BCUT2D eigenvalue weighted by Gasteiger charge is -2.19. The zero-order chi connectivity index (χ0) is 20.8. The molecule has 0 atom stereocenters. The van der Waals surface area contributed by atoms with Crippen molar-refractivity contribution in [2.45, 2.75) is 32.1 Å². The lowest BCUT2D eigenvalue weighted by atomic mass is 10.2. The van der Waals surface area contributed by atoms with E-state index in [0.717, 1.165) is 35.3 Å². The minimum atomic E-state index is -0.717.